The fraction of sp³-hybridized carbons (Fsp3) is 0.542. The quantitative estimate of drug-likeness (QED) is 0.593. The molecule has 4 rings (SSSR count). The highest BCUT2D eigenvalue weighted by Gasteiger charge is 2.23. The van der Waals surface area contributed by atoms with Crippen LogP contribution in [0.15, 0.2) is 27.8 Å². The van der Waals surface area contributed by atoms with E-state index in [0.717, 1.165) is 30.4 Å². The Morgan fingerprint density at radius 1 is 1.15 bits per heavy atom. The fourth-order valence-electron chi connectivity index (χ4n) is 4.52. The van der Waals surface area contributed by atoms with Gasteiger partial charge in [-0.15, -0.1) is 5.10 Å². The zero-order valence-electron chi connectivity index (χ0n) is 20.3. The van der Waals surface area contributed by atoms with Gasteiger partial charge in [-0.25, -0.2) is 13.9 Å². The van der Waals surface area contributed by atoms with E-state index in [-0.39, 0.29) is 41.8 Å². The molecule has 2 aromatic heterocycles. The first-order valence-electron chi connectivity index (χ1n) is 11.8. The molecule has 182 valence electrons. The maximum atomic E-state index is 13.4. The van der Waals surface area contributed by atoms with Gasteiger partial charge in [0.1, 0.15) is 6.54 Å². The van der Waals surface area contributed by atoms with E-state index in [9.17, 15) is 19.2 Å². The summed E-state index contributed by atoms with van der Waals surface area (Å²) in [5.41, 5.74) is -0.659. The highest BCUT2D eigenvalue weighted by Crippen LogP contribution is 2.20. The molecule has 2 heterocycles. The van der Waals surface area contributed by atoms with Crippen LogP contribution in [0.1, 0.15) is 76.7 Å². The minimum atomic E-state index is -0.549. The molecule has 10 heteroatoms. The van der Waals surface area contributed by atoms with Crippen LogP contribution < -0.4 is 21.9 Å². The molecule has 1 aliphatic rings. The summed E-state index contributed by atoms with van der Waals surface area (Å²) in [6, 6.07) is 4.61. The van der Waals surface area contributed by atoms with E-state index in [1.54, 1.807) is 18.2 Å². The van der Waals surface area contributed by atoms with E-state index in [2.05, 4.69) is 15.7 Å². The molecule has 3 aromatic rings. The molecule has 2 amide bonds. The molecule has 1 aromatic carbocycles. The number of fused-ring (bicyclic) bond motifs is 3. The first-order valence-corrected chi connectivity index (χ1v) is 11.8. The van der Waals surface area contributed by atoms with Crippen molar-refractivity contribution in [2.24, 2.45) is 0 Å². The summed E-state index contributed by atoms with van der Waals surface area (Å²) in [5.74, 6) is -0.466. The molecular weight excluding hydrogens is 436 g/mol. The van der Waals surface area contributed by atoms with Crippen LogP contribution >= 0.6 is 0 Å². The Morgan fingerprint density at radius 2 is 1.82 bits per heavy atom. The fourth-order valence-corrected chi connectivity index (χ4v) is 4.52. The zero-order valence-corrected chi connectivity index (χ0v) is 20.3. The minimum absolute atomic E-state index is 0.134. The molecule has 0 saturated heterocycles. The lowest BCUT2D eigenvalue weighted by molar-refractivity contribution is -0.123. The molecule has 0 radical (unpaired) electrons. The normalized spacial score (nSPS) is 14.9. The molecule has 0 unspecified atom stereocenters. The van der Waals surface area contributed by atoms with Crippen LogP contribution in [0, 0.1) is 0 Å². The Hall–Kier alpha value is -3.43. The Kier molecular flexibility index (Phi) is 6.09. The molecule has 0 aliphatic heterocycles. The van der Waals surface area contributed by atoms with E-state index in [0.29, 0.717) is 16.5 Å². The lowest BCUT2D eigenvalue weighted by Gasteiger charge is -2.20. The van der Waals surface area contributed by atoms with Crippen LogP contribution in [0.3, 0.4) is 0 Å². The summed E-state index contributed by atoms with van der Waals surface area (Å²) in [6.45, 7) is 8.91. The van der Waals surface area contributed by atoms with Gasteiger partial charge in [0.25, 0.3) is 11.5 Å². The standard InChI is InChI=1S/C24H32N6O4/c1-14(2)29-21(33)17-11-10-15(20(32)25-16-8-6-7-9-16)12-18(17)30-22(29)27-28(23(30)34)13-19(31)26-24(3,4)5/h10-12,14,16H,6-9,13H2,1-5H3,(H,25,32)(H,26,31). The number of nitrogens with zero attached hydrogens (tertiary/aromatic N) is 4. The molecular formula is C24H32N6O4. The van der Waals surface area contributed by atoms with E-state index in [1.807, 2.05) is 34.6 Å². The topological polar surface area (TPSA) is 120 Å². The van der Waals surface area contributed by atoms with Crippen molar-refractivity contribution in [2.45, 2.75) is 84.5 Å². The van der Waals surface area contributed by atoms with Gasteiger partial charge in [0, 0.05) is 23.2 Å². The molecule has 0 atom stereocenters. The highest BCUT2D eigenvalue weighted by atomic mass is 16.2. The van der Waals surface area contributed by atoms with Gasteiger partial charge in [-0.05, 0) is 65.7 Å². The monoisotopic (exact) mass is 468 g/mol. The van der Waals surface area contributed by atoms with E-state index >= 15 is 0 Å². The summed E-state index contributed by atoms with van der Waals surface area (Å²) in [7, 11) is 0. The van der Waals surface area contributed by atoms with Crippen molar-refractivity contribution >= 4 is 28.5 Å². The van der Waals surface area contributed by atoms with Crippen LogP contribution in [-0.4, -0.2) is 42.1 Å². The second kappa shape index (κ2) is 8.73. The van der Waals surface area contributed by atoms with Gasteiger partial charge in [-0.2, -0.15) is 0 Å². The largest absolute Gasteiger partial charge is 0.352 e. The predicted molar refractivity (Wildman–Crippen MR) is 129 cm³/mol. The Labute approximate surface area is 196 Å². The number of carbonyl (C=O) groups is 2. The molecule has 1 fully saturated rings. The Bertz CT molecular complexity index is 1380. The second-order valence-corrected chi connectivity index (χ2v) is 10.3. The lowest BCUT2D eigenvalue weighted by atomic mass is 10.1. The van der Waals surface area contributed by atoms with Gasteiger partial charge < -0.3 is 10.6 Å². The van der Waals surface area contributed by atoms with E-state index < -0.39 is 11.2 Å². The molecule has 1 aliphatic carbocycles. The van der Waals surface area contributed by atoms with Gasteiger partial charge in [0.15, 0.2) is 0 Å². The van der Waals surface area contributed by atoms with Gasteiger partial charge in [-0.1, -0.05) is 12.8 Å². The van der Waals surface area contributed by atoms with Gasteiger partial charge in [0.2, 0.25) is 11.7 Å². The third-order valence-electron chi connectivity index (χ3n) is 6.00. The zero-order chi connectivity index (χ0) is 24.8. The molecule has 10 nitrogen and oxygen atoms in total. The smallest absolute Gasteiger partial charge is 0.350 e. The molecule has 0 spiro atoms. The molecule has 1 saturated carbocycles. The van der Waals surface area contributed by atoms with Crippen molar-refractivity contribution in [1.82, 2.24) is 29.4 Å². The van der Waals surface area contributed by atoms with Gasteiger partial charge in [0.05, 0.1) is 10.9 Å². The number of hydrogen-bond acceptors (Lipinski definition) is 5. The van der Waals surface area contributed by atoms with Gasteiger partial charge in [-0.3, -0.25) is 19.0 Å². The third kappa shape index (κ3) is 4.49. The van der Waals surface area contributed by atoms with Crippen molar-refractivity contribution in [2.75, 3.05) is 0 Å². The molecule has 2 N–H and O–H groups in total. The van der Waals surface area contributed by atoms with Crippen molar-refractivity contribution in [3.8, 4) is 0 Å². The SMILES string of the molecule is CC(C)n1c(=O)c2ccc(C(=O)NC3CCCC3)cc2n2c(=O)n(CC(=O)NC(C)(C)C)nc12. The van der Waals surface area contributed by atoms with E-state index in [4.69, 9.17) is 0 Å². The maximum absolute atomic E-state index is 13.4. The average Bonchev–Trinajstić information content (AvgIpc) is 3.34. The van der Waals surface area contributed by atoms with Crippen molar-refractivity contribution < 1.29 is 9.59 Å². The van der Waals surface area contributed by atoms with Crippen molar-refractivity contribution in [3.05, 3.63) is 44.6 Å². The maximum Gasteiger partial charge on any atom is 0.352 e. The summed E-state index contributed by atoms with van der Waals surface area (Å²) in [4.78, 5) is 52.0. The van der Waals surface area contributed by atoms with Crippen LogP contribution in [-0.2, 0) is 11.3 Å². The lowest BCUT2D eigenvalue weighted by Crippen LogP contribution is -2.43. The minimum Gasteiger partial charge on any atom is -0.350 e. The van der Waals surface area contributed by atoms with Crippen LogP contribution in [0.4, 0.5) is 0 Å². The van der Waals surface area contributed by atoms with Crippen molar-refractivity contribution in [3.63, 3.8) is 0 Å². The predicted octanol–water partition coefficient (Wildman–Crippen LogP) is 1.98. The summed E-state index contributed by atoms with van der Waals surface area (Å²) < 4.78 is 3.80. The number of hydrogen-bond donors (Lipinski definition) is 2. The number of nitrogens with one attached hydrogen (secondary N) is 2. The highest BCUT2D eigenvalue weighted by molar-refractivity contribution is 5.98. The average molecular weight is 469 g/mol. The number of aromatic nitrogens is 4. The third-order valence-corrected chi connectivity index (χ3v) is 6.00. The van der Waals surface area contributed by atoms with Crippen LogP contribution in [0.5, 0.6) is 0 Å². The summed E-state index contributed by atoms with van der Waals surface area (Å²) in [6.07, 6.45) is 4.09. The summed E-state index contributed by atoms with van der Waals surface area (Å²) in [5, 5.41) is 10.5. The van der Waals surface area contributed by atoms with Crippen LogP contribution in [0.25, 0.3) is 16.7 Å². The number of benzene rings is 1. The second-order valence-electron chi connectivity index (χ2n) is 10.3. The number of amides is 2. The Morgan fingerprint density at radius 3 is 2.44 bits per heavy atom. The Balaban J connectivity index is 1.86. The number of rotatable bonds is 5. The van der Waals surface area contributed by atoms with E-state index in [1.165, 1.54) is 8.97 Å². The first-order chi connectivity index (χ1) is 16.0. The first kappa shape index (κ1) is 23.7. The number of carbonyl (C=O) groups excluding carboxylic acids is 2. The molecule has 0 bridgehead atoms. The molecule has 34 heavy (non-hydrogen) atoms. The van der Waals surface area contributed by atoms with Crippen LogP contribution in [0.2, 0.25) is 0 Å². The van der Waals surface area contributed by atoms with Crippen molar-refractivity contribution in [1.29, 1.82) is 0 Å². The van der Waals surface area contributed by atoms with Gasteiger partial charge >= 0.3 is 5.69 Å². The summed E-state index contributed by atoms with van der Waals surface area (Å²) >= 11 is 0.